The maximum Gasteiger partial charge on any atom is 0.319 e. The first-order chi connectivity index (χ1) is 11.2. The van der Waals surface area contributed by atoms with Crippen LogP contribution in [-0.2, 0) is 13.6 Å². The van der Waals surface area contributed by atoms with E-state index in [4.69, 9.17) is 0 Å². The molecule has 8 heteroatoms. The summed E-state index contributed by atoms with van der Waals surface area (Å²) in [5.74, 6) is 0.621. The number of amides is 2. The quantitative estimate of drug-likeness (QED) is 0.747. The molecule has 0 radical (unpaired) electrons. The molecule has 3 aromatic rings. The summed E-state index contributed by atoms with van der Waals surface area (Å²) < 4.78 is 3.39. The molecule has 0 aliphatic carbocycles. The Kier molecular flexibility index (Phi) is 4.32. The highest BCUT2D eigenvalue weighted by Gasteiger charge is 2.06. The lowest BCUT2D eigenvalue weighted by Crippen LogP contribution is -2.31. The molecule has 0 aliphatic heterocycles. The van der Waals surface area contributed by atoms with Crippen LogP contribution in [-0.4, -0.2) is 37.1 Å². The number of aryl methyl sites for hydroxylation is 1. The molecule has 23 heavy (non-hydrogen) atoms. The van der Waals surface area contributed by atoms with Gasteiger partial charge in [-0.05, 0) is 18.2 Å². The number of nitrogens with one attached hydrogen (secondary N) is 2. The lowest BCUT2D eigenvalue weighted by atomic mass is 10.2. The van der Waals surface area contributed by atoms with E-state index in [1.54, 1.807) is 21.9 Å². The van der Waals surface area contributed by atoms with Crippen LogP contribution < -0.4 is 10.6 Å². The van der Waals surface area contributed by atoms with Crippen molar-refractivity contribution in [2.45, 2.75) is 6.54 Å². The van der Waals surface area contributed by atoms with Gasteiger partial charge in [-0.3, -0.25) is 9.36 Å². The van der Waals surface area contributed by atoms with Crippen molar-refractivity contribution in [2.24, 2.45) is 7.05 Å². The Hall–Kier alpha value is -3.16. The standard InChI is InChI=1S/C15H17N7O/c1-21-11-17-14(20-21)12-4-2-5-13(10-12)19-15(23)16-7-9-22-8-3-6-18-22/h2-6,8,10-11H,7,9H2,1H3,(H2,16,19,23). The Labute approximate surface area is 133 Å². The van der Waals surface area contributed by atoms with Crippen molar-refractivity contribution in [3.63, 3.8) is 0 Å². The SMILES string of the molecule is Cn1cnc(-c2cccc(NC(=O)NCCn3cccn3)c2)n1. The number of nitrogens with zero attached hydrogens (tertiary/aromatic N) is 5. The Balaban J connectivity index is 1.56. The molecule has 0 aliphatic rings. The second kappa shape index (κ2) is 6.73. The highest BCUT2D eigenvalue weighted by molar-refractivity contribution is 5.89. The molecule has 0 atom stereocenters. The van der Waals surface area contributed by atoms with E-state index in [0.717, 1.165) is 5.56 Å². The number of carbonyl (C=O) groups is 1. The van der Waals surface area contributed by atoms with Crippen LogP contribution >= 0.6 is 0 Å². The van der Waals surface area contributed by atoms with Crippen LogP contribution in [0.5, 0.6) is 0 Å². The number of aromatic nitrogens is 5. The normalized spacial score (nSPS) is 10.5. The number of hydrogen-bond donors (Lipinski definition) is 2. The highest BCUT2D eigenvalue weighted by atomic mass is 16.2. The molecule has 0 spiro atoms. The second-order valence-electron chi connectivity index (χ2n) is 4.97. The third kappa shape index (κ3) is 3.94. The summed E-state index contributed by atoms with van der Waals surface area (Å²) in [5, 5.41) is 13.9. The zero-order valence-electron chi connectivity index (χ0n) is 12.7. The molecule has 2 aromatic heterocycles. The first-order valence-electron chi connectivity index (χ1n) is 7.19. The van der Waals surface area contributed by atoms with Gasteiger partial charge in [0.2, 0.25) is 0 Å². The number of rotatable bonds is 5. The predicted molar refractivity (Wildman–Crippen MR) is 85.7 cm³/mol. The molecule has 0 unspecified atom stereocenters. The second-order valence-corrected chi connectivity index (χ2v) is 4.97. The maximum absolute atomic E-state index is 11.9. The Morgan fingerprint density at radius 2 is 2.22 bits per heavy atom. The van der Waals surface area contributed by atoms with E-state index in [9.17, 15) is 4.79 Å². The van der Waals surface area contributed by atoms with Crippen LogP contribution in [0.3, 0.4) is 0 Å². The molecule has 8 nitrogen and oxygen atoms in total. The van der Waals surface area contributed by atoms with Gasteiger partial charge in [0.15, 0.2) is 5.82 Å². The summed E-state index contributed by atoms with van der Waals surface area (Å²) in [5.41, 5.74) is 1.53. The summed E-state index contributed by atoms with van der Waals surface area (Å²) in [6.45, 7) is 1.12. The zero-order chi connectivity index (χ0) is 16.1. The number of benzene rings is 1. The smallest absolute Gasteiger partial charge is 0.319 e. The summed E-state index contributed by atoms with van der Waals surface area (Å²) in [6, 6.07) is 8.99. The summed E-state index contributed by atoms with van der Waals surface area (Å²) in [6.07, 6.45) is 5.19. The van der Waals surface area contributed by atoms with Crippen molar-refractivity contribution < 1.29 is 4.79 Å². The van der Waals surface area contributed by atoms with Crippen molar-refractivity contribution >= 4 is 11.7 Å². The van der Waals surface area contributed by atoms with Crippen molar-refractivity contribution in [1.82, 2.24) is 29.9 Å². The molecule has 0 saturated carbocycles. The molecule has 2 N–H and O–H groups in total. The Bertz CT molecular complexity index is 779. The molecular weight excluding hydrogens is 294 g/mol. The van der Waals surface area contributed by atoms with Gasteiger partial charge in [0.05, 0.1) is 6.54 Å². The van der Waals surface area contributed by atoms with E-state index in [0.29, 0.717) is 24.6 Å². The molecule has 1 aromatic carbocycles. The van der Waals surface area contributed by atoms with Crippen molar-refractivity contribution in [3.8, 4) is 11.4 Å². The first kappa shape index (κ1) is 14.8. The van der Waals surface area contributed by atoms with Gasteiger partial charge in [0.1, 0.15) is 6.33 Å². The molecular formula is C15H17N7O. The molecule has 0 fully saturated rings. The van der Waals surface area contributed by atoms with E-state index < -0.39 is 0 Å². The van der Waals surface area contributed by atoms with Gasteiger partial charge < -0.3 is 10.6 Å². The van der Waals surface area contributed by atoms with Gasteiger partial charge in [0, 0.05) is 37.2 Å². The molecule has 0 bridgehead atoms. The molecule has 2 heterocycles. The van der Waals surface area contributed by atoms with Crippen molar-refractivity contribution in [2.75, 3.05) is 11.9 Å². The zero-order valence-corrected chi connectivity index (χ0v) is 12.7. The van der Waals surface area contributed by atoms with Crippen molar-refractivity contribution in [1.29, 1.82) is 0 Å². The van der Waals surface area contributed by atoms with Crippen LogP contribution in [0.4, 0.5) is 10.5 Å². The van der Waals surface area contributed by atoms with E-state index in [1.165, 1.54) is 0 Å². The molecule has 2 amide bonds. The van der Waals surface area contributed by atoms with Gasteiger partial charge >= 0.3 is 6.03 Å². The number of hydrogen-bond acceptors (Lipinski definition) is 4. The van der Waals surface area contributed by atoms with Gasteiger partial charge in [-0.15, -0.1) is 0 Å². The third-order valence-corrected chi connectivity index (χ3v) is 3.16. The average Bonchev–Trinajstić information content (AvgIpc) is 3.19. The van der Waals surface area contributed by atoms with Gasteiger partial charge in [0.25, 0.3) is 0 Å². The van der Waals surface area contributed by atoms with E-state index in [2.05, 4.69) is 25.8 Å². The lowest BCUT2D eigenvalue weighted by molar-refractivity contribution is 0.251. The Morgan fingerprint density at radius 3 is 2.96 bits per heavy atom. The number of anilines is 1. The summed E-state index contributed by atoms with van der Waals surface area (Å²) in [7, 11) is 1.81. The summed E-state index contributed by atoms with van der Waals surface area (Å²) >= 11 is 0. The minimum absolute atomic E-state index is 0.261. The molecule has 118 valence electrons. The summed E-state index contributed by atoms with van der Waals surface area (Å²) in [4.78, 5) is 16.1. The molecule has 3 rings (SSSR count). The highest BCUT2D eigenvalue weighted by Crippen LogP contribution is 2.18. The van der Waals surface area contributed by atoms with Crippen LogP contribution in [0.25, 0.3) is 11.4 Å². The minimum Gasteiger partial charge on any atom is -0.336 e. The maximum atomic E-state index is 11.9. The van der Waals surface area contributed by atoms with Crippen LogP contribution in [0.15, 0.2) is 49.1 Å². The topological polar surface area (TPSA) is 89.7 Å². The van der Waals surface area contributed by atoms with E-state index >= 15 is 0 Å². The number of carbonyl (C=O) groups excluding carboxylic acids is 1. The van der Waals surface area contributed by atoms with Crippen LogP contribution in [0, 0.1) is 0 Å². The lowest BCUT2D eigenvalue weighted by Gasteiger charge is -2.08. The van der Waals surface area contributed by atoms with Crippen molar-refractivity contribution in [3.05, 3.63) is 49.1 Å². The number of urea groups is 1. The largest absolute Gasteiger partial charge is 0.336 e. The van der Waals surface area contributed by atoms with Crippen LogP contribution in [0.2, 0.25) is 0 Å². The Morgan fingerprint density at radius 1 is 1.30 bits per heavy atom. The molecule has 0 saturated heterocycles. The minimum atomic E-state index is -0.261. The van der Waals surface area contributed by atoms with E-state index in [1.807, 2.05) is 43.6 Å². The first-order valence-corrected chi connectivity index (χ1v) is 7.19. The van der Waals surface area contributed by atoms with Gasteiger partial charge in [-0.25, -0.2) is 9.78 Å². The third-order valence-electron chi connectivity index (χ3n) is 3.16. The van der Waals surface area contributed by atoms with Gasteiger partial charge in [-0.1, -0.05) is 12.1 Å². The average molecular weight is 311 g/mol. The van der Waals surface area contributed by atoms with Gasteiger partial charge in [-0.2, -0.15) is 10.2 Å². The fourth-order valence-electron chi connectivity index (χ4n) is 2.10. The monoisotopic (exact) mass is 311 g/mol. The fraction of sp³-hybridized carbons (Fsp3) is 0.200. The predicted octanol–water partition coefficient (Wildman–Crippen LogP) is 1.50. The van der Waals surface area contributed by atoms with Crippen LogP contribution in [0.1, 0.15) is 0 Å². The fourth-order valence-corrected chi connectivity index (χ4v) is 2.10. The van der Waals surface area contributed by atoms with E-state index in [-0.39, 0.29) is 6.03 Å².